The highest BCUT2D eigenvalue weighted by Gasteiger charge is 2.26. The molecule has 1 fully saturated rings. The van der Waals surface area contributed by atoms with Gasteiger partial charge in [0.2, 0.25) is 0 Å². The average molecular weight is 305 g/mol. The number of hydrogen-bond acceptors (Lipinski definition) is 3. The lowest BCUT2D eigenvalue weighted by atomic mass is 9.97. The summed E-state index contributed by atoms with van der Waals surface area (Å²) in [5, 5.41) is 3.56. The molecule has 21 heavy (non-hydrogen) atoms. The summed E-state index contributed by atoms with van der Waals surface area (Å²) in [5.41, 5.74) is 1.59. The maximum atomic E-state index is 3.56. The summed E-state index contributed by atoms with van der Waals surface area (Å²) in [5.74, 6) is 2.85. The van der Waals surface area contributed by atoms with Crippen LogP contribution >= 0.6 is 11.8 Å². The van der Waals surface area contributed by atoms with Gasteiger partial charge in [0.05, 0.1) is 0 Å². The summed E-state index contributed by atoms with van der Waals surface area (Å²) in [7, 11) is 0. The molecule has 116 valence electrons. The fourth-order valence-corrected chi connectivity index (χ4v) is 4.95. The van der Waals surface area contributed by atoms with Gasteiger partial charge in [0.1, 0.15) is 0 Å². The third-order valence-corrected chi connectivity index (χ3v) is 5.98. The van der Waals surface area contributed by atoms with Crippen LogP contribution in [0.1, 0.15) is 37.7 Å². The van der Waals surface area contributed by atoms with E-state index in [-0.39, 0.29) is 0 Å². The van der Waals surface area contributed by atoms with E-state index in [9.17, 15) is 0 Å². The molecular formula is C18H28N2S. The highest BCUT2D eigenvalue weighted by atomic mass is 32.2. The number of hydrogen-bond donors (Lipinski definition) is 1. The number of nitrogens with one attached hydrogen (secondary N) is 1. The van der Waals surface area contributed by atoms with E-state index >= 15 is 0 Å². The van der Waals surface area contributed by atoms with E-state index in [1.165, 1.54) is 62.6 Å². The first-order chi connectivity index (χ1) is 10.4. The Kier molecular flexibility index (Phi) is 5.61. The lowest BCUT2D eigenvalue weighted by Gasteiger charge is -2.31. The fraction of sp³-hybridized carbons (Fsp3) is 0.667. The van der Waals surface area contributed by atoms with Crippen molar-refractivity contribution in [2.24, 2.45) is 5.92 Å². The minimum Gasteiger partial charge on any atom is -0.316 e. The van der Waals surface area contributed by atoms with Crippen LogP contribution in [0.3, 0.4) is 0 Å². The smallest absolute Gasteiger partial charge is 0.0108 e. The molecule has 0 spiro atoms. The highest BCUT2D eigenvalue weighted by molar-refractivity contribution is 7.99. The third kappa shape index (κ3) is 4.02. The Hall–Kier alpha value is -0.510. The Bertz CT molecular complexity index is 443. The highest BCUT2D eigenvalue weighted by Crippen LogP contribution is 2.39. The standard InChI is InChI=1S/C18H28N2S/c1-2-10-20(12-15-6-5-9-19-11-15)13-16-14-21-18-8-4-3-7-17(16)18/h3-4,7-8,15-16,19H,2,5-6,9-14H2,1H3. The first kappa shape index (κ1) is 15.4. The number of rotatable bonds is 6. The topological polar surface area (TPSA) is 15.3 Å². The van der Waals surface area contributed by atoms with Crippen molar-refractivity contribution < 1.29 is 0 Å². The van der Waals surface area contributed by atoms with Crippen molar-refractivity contribution in [2.45, 2.75) is 37.0 Å². The van der Waals surface area contributed by atoms with Crippen LogP contribution in [0.4, 0.5) is 0 Å². The average Bonchev–Trinajstić information content (AvgIpc) is 2.92. The number of benzene rings is 1. The van der Waals surface area contributed by atoms with E-state index in [1.807, 2.05) is 11.8 Å². The zero-order valence-corrected chi connectivity index (χ0v) is 14.0. The number of nitrogens with zero attached hydrogens (tertiary/aromatic N) is 1. The lowest BCUT2D eigenvalue weighted by molar-refractivity contribution is 0.201. The predicted octanol–water partition coefficient (Wildman–Crippen LogP) is 3.59. The summed E-state index contributed by atoms with van der Waals surface area (Å²) in [6, 6.07) is 9.00. The molecule has 2 heterocycles. The number of piperidine rings is 1. The van der Waals surface area contributed by atoms with Crippen LogP contribution < -0.4 is 5.32 Å². The monoisotopic (exact) mass is 304 g/mol. The SMILES string of the molecule is CCCN(CC1CCCNC1)CC1CSc2ccccc21. The quantitative estimate of drug-likeness (QED) is 0.864. The van der Waals surface area contributed by atoms with Gasteiger partial charge in [-0.1, -0.05) is 25.1 Å². The molecular weight excluding hydrogens is 276 g/mol. The molecule has 0 aromatic heterocycles. The van der Waals surface area contributed by atoms with E-state index in [1.54, 1.807) is 5.56 Å². The summed E-state index contributed by atoms with van der Waals surface area (Å²) >= 11 is 2.04. The van der Waals surface area contributed by atoms with Crippen LogP contribution in [0.2, 0.25) is 0 Å². The second kappa shape index (κ2) is 7.66. The number of fused-ring (bicyclic) bond motifs is 1. The predicted molar refractivity (Wildman–Crippen MR) is 92.2 cm³/mol. The van der Waals surface area contributed by atoms with Crippen molar-refractivity contribution in [1.82, 2.24) is 10.2 Å². The first-order valence-electron chi connectivity index (χ1n) is 8.51. The third-order valence-electron chi connectivity index (χ3n) is 4.73. The van der Waals surface area contributed by atoms with Gasteiger partial charge in [-0.25, -0.2) is 0 Å². The maximum Gasteiger partial charge on any atom is 0.0108 e. The Morgan fingerprint density at radius 2 is 2.19 bits per heavy atom. The molecule has 2 nitrogen and oxygen atoms in total. The summed E-state index contributed by atoms with van der Waals surface area (Å²) in [6.07, 6.45) is 4.03. The minimum atomic E-state index is 0.731. The Morgan fingerprint density at radius 1 is 1.29 bits per heavy atom. The van der Waals surface area contributed by atoms with Gasteiger partial charge in [0.15, 0.2) is 0 Å². The molecule has 1 aromatic carbocycles. The van der Waals surface area contributed by atoms with Gasteiger partial charge < -0.3 is 10.2 Å². The van der Waals surface area contributed by atoms with E-state index in [2.05, 4.69) is 41.4 Å². The van der Waals surface area contributed by atoms with Crippen LogP contribution in [0, 0.1) is 5.92 Å². The molecule has 3 heteroatoms. The molecule has 0 radical (unpaired) electrons. The van der Waals surface area contributed by atoms with Crippen LogP contribution in [-0.2, 0) is 0 Å². The summed E-state index contributed by atoms with van der Waals surface area (Å²) in [6.45, 7) is 8.52. The molecule has 0 aliphatic carbocycles. The molecule has 0 saturated carbocycles. The van der Waals surface area contributed by atoms with Gasteiger partial charge in [0.25, 0.3) is 0 Å². The van der Waals surface area contributed by atoms with Crippen molar-refractivity contribution in [2.75, 3.05) is 38.5 Å². The zero-order chi connectivity index (χ0) is 14.5. The molecule has 0 bridgehead atoms. The molecule has 0 amide bonds. The molecule has 2 atom stereocenters. The van der Waals surface area contributed by atoms with Gasteiger partial charge in [-0.2, -0.15) is 0 Å². The molecule has 3 rings (SSSR count). The van der Waals surface area contributed by atoms with Gasteiger partial charge >= 0.3 is 0 Å². The second-order valence-electron chi connectivity index (χ2n) is 6.52. The van der Waals surface area contributed by atoms with E-state index in [0.717, 1.165) is 11.8 Å². The zero-order valence-electron chi connectivity index (χ0n) is 13.2. The van der Waals surface area contributed by atoms with Crippen LogP contribution in [-0.4, -0.2) is 43.4 Å². The molecule has 1 saturated heterocycles. The second-order valence-corrected chi connectivity index (χ2v) is 7.58. The summed E-state index contributed by atoms with van der Waals surface area (Å²) in [4.78, 5) is 4.24. The Balaban J connectivity index is 1.60. The van der Waals surface area contributed by atoms with Crippen molar-refractivity contribution in [3.8, 4) is 0 Å². The molecule has 1 aromatic rings. The van der Waals surface area contributed by atoms with E-state index in [4.69, 9.17) is 0 Å². The Labute approximate surface area is 133 Å². The van der Waals surface area contributed by atoms with Crippen LogP contribution in [0.25, 0.3) is 0 Å². The van der Waals surface area contributed by atoms with Crippen LogP contribution in [0.15, 0.2) is 29.2 Å². The summed E-state index contributed by atoms with van der Waals surface area (Å²) < 4.78 is 0. The van der Waals surface area contributed by atoms with Crippen molar-refractivity contribution in [3.63, 3.8) is 0 Å². The fourth-order valence-electron chi connectivity index (χ4n) is 3.71. The minimum absolute atomic E-state index is 0.731. The lowest BCUT2D eigenvalue weighted by Crippen LogP contribution is -2.40. The maximum absolute atomic E-state index is 3.56. The molecule has 2 unspecified atom stereocenters. The van der Waals surface area contributed by atoms with Crippen LogP contribution in [0.5, 0.6) is 0 Å². The van der Waals surface area contributed by atoms with Gasteiger partial charge in [-0.15, -0.1) is 11.8 Å². The molecule has 2 aliphatic rings. The Morgan fingerprint density at radius 3 is 3.00 bits per heavy atom. The van der Waals surface area contributed by atoms with Crippen molar-refractivity contribution >= 4 is 11.8 Å². The van der Waals surface area contributed by atoms with Crippen molar-refractivity contribution in [1.29, 1.82) is 0 Å². The largest absolute Gasteiger partial charge is 0.316 e. The van der Waals surface area contributed by atoms with Gasteiger partial charge in [-0.05, 0) is 56.4 Å². The normalized spacial score (nSPS) is 25.2. The number of thioether (sulfide) groups is 1. The molecule has 1 N–H and O–H groups in total. The van der Waals surface area contributed by atoms with Crippen molar-refractivity contribution in [3.05, 3.63) is 29.8 Å². The van der Waals surface area contributed by atoms with E-state index in [0.29, 0.717) is 0 Å². The van der Waals surface area contributed by atoms with E-state index < -0.39 is 0 Å². The first-order valence-corrected chi connectivity index (χ1v) is 9.50. The molecule has 2 aliphatic heterocycles. The van der Waals surface area contributed by atoms with Gasteiger partial charge in [0, 0.05) is 29.7 Å². The van der Waals surface area contributed by atoms with Gasteiger partial charge in [-0.3, -0.25) is 0 Å².